The lowest BCUT2D eigenvalue weighted by Crippen LogP contribution is -1.82. The first-order valence-corrected chi connectivity index (χ1v) is 2.81. The van der Waals surface area contributed by atoms with Gasteiger partial charge >= 0.3 is 0 Å². The molecule has 0 rings (SSSR count). The first-order valence-electron chi connectivity index (χ1n) is 2.44. The molecule has 0 aromatic heterocycles. The second-order valence-electron chi connectivity index (χ2n) is 1.55. The fourth-order valence-corrected chi connectivity index (χ4v) is 0.264. The lowest BCUT2D eigenvalue weighted by atomic mass is 10.6. The molecule has 2 nitrogen and oxygen atoms in total. The molecule has 2 N–H and O–H groups in total. The highest BCUT2D eigenvalue weighted by Crippen LogP contribution is 1.95. The summed E-state index contributed by atoms with van der Waals surface area (Å²) in [7, 11) is 0. The largest absolute Gasteiger partial charge is 0.403 e. The minimum absolute atomic E-state index is 0.415. The van der Waals surface area contributed by atoms with E-state index in [0.717, 1.165) is 0 Å². The summed E-state index contributed by atoms with van der Waals surface area (Å²) < 4.78 is 0. The Hall–Kier alpha value is -0.760. The third-order valence-corrected chi connectivity index (χ3v) is 0.791. The van der Waals surface area contributed by atoms with Crippen molar-refractivity contribution < 1.29 is 0 Å². The number of hydrogen-bond donors (Lipinski definition) is 1. The summed E-state index contributed by atoms with van der Waals surface area (Å²) in [6.45, 7) is 5.31. The maximum Gasteiger partial charge on any atom is 0.0743 e. The number of nitrogens with two attached hydrogens (primary N) is 1. The van der Waals surface area contributed by atoms with E-state index in [1.807, 2.05) is 0 Å². The first-order chi connectivity index (χ1) is 4.16. The molecule has 0 aliphatic carbocycles. The fraction of sp³-hybridized carbons (Fsp3) is 0.167. The Morgan fingerprint density at radius 1 is 1.78 bits per heavy atom. The van der Waals surface area contributed by atoms with E-state index in [4.69, 9.17) is 17.3 Å². The quantitative estimate of drug-likeness (QED) is 0.588. The van der Waals surface area contributed by atoms with E-state index in [2.05, 4.69) is 11.6 Å². The zero-order chi connectivity index (χ0) is 7.28. The highest BCUT2D eigenvalue weighted by molar-refractivity contribution is 6.39. The lowest BCUT2D eigenvalue weighted by Gasteiger charge is -1.84. The minimum Gasteiger partial charge on any atom is -0.403 e. The van der Waals surface area contributed by atoms with Gasteiger partial charge in [-0.3, -0.25) is 4.99 Å². The van der Waals surface area contributed by atoms with Crippen molar-refractivity contribution in [2.75, 3.05) is 0 Å². The maximum absolute atomic E-state index is 5.46. The molecule has 0 saturated heterocycles. The Morgan fingerprint density at radius 2 is 2.33 bits per heavy atom. The van der Waals surface area contributed by atoms with Gasteiger partial charge in [0.05, 0.1) is 5.03 Å². The number of aliphatic imine (C=N–C) groups is 1. The Labute approximate surface area is 59.7 Å². The molecule has 0 amide bonds. The van der Waals surface area contributed by atoms with E-state index in [0.29, 0.717) is 10.7 Å². The van der Waals surface area contributed by atoms with Crippen LogP contribution in [0.25, 0.3) is 0 Å². The molecule has 0 saturated carbocycles. The number of nitrogens with zero attached hydrogens (tertiary/aromatic N) is 1. The van der Waals surface area contributed by atoms with Gasteiger partial charge in [-0.2, -0.15) is 0 Å². The molecule has 3 heteroatoms. The molecular formula is C6H9ClN2. The molecule has 0 unspecified atom stereocenters. The Bertz CT molecular complexity index is 158. The molecule has 0 atom stereocenters. The summed E-state index contributed by atoms with van der Waals surface area (Å²) in [6.07, 6.45) is 2.72. The van der Waals surface area contributed by atoms with Gasteiger partial charge in [-0.15, -0.1) is 0 Å². The molecule has 0 radical (unpaired) electrons. The lowest BCUT2D eigenvalue weighted by molar-refractivity contribution is 1.34. The van der Waals surface area contributed by atoms with Crippen molar-refractivity contribution in [1.29, 1.82) is 0 Å². The van der Waals surface area contributed by atoms with Gasteiger partial charge in [0.2, 0.25) is 0 Å². The van der Waals surface area contributed by atoms with Crippen molar-refractivity contribution in [3.8, 4) is 0 Å². The van der Waals surface area contributed by atoms with Crippen LogP contribution in [0.5, 0.6) is 0 Å². The number of allylic oxidation sites excluding steroid dienone is 2. The van der Waals surface area contributed by atoms with E-state index < -0.39 is 0 Å². The summed E-state index contributed by atoms with van der Waals surface area (Å²) in [5.41, 5.74) is 5.75. The van der Waals surface area contributed by atoms with Crippen LogP contribution in [0.1, 0.15) is 6.92 Å². The van der Waals surface area contributed by atoms with Crippen molar-refractivity contribution in [2.45, 2.75) is 6.92 Å². The zero-order valence-corrected chi connectivity index (χ0v) is 6.02. The van der Waals surface area contributed by atoms with Gasteiger partial charge in [-0.25, -0.2) is 0 Å². The Kier molecular flexibility index (Phi) is 3.80. The third-order valence-electron chi connectivity index (χ3n) is 0.567. The first kappa shape index (κ1) is 8.24. The fourth-order valence-electron chi connectivity index (χ4n) is 0.215. The van der Waals surface area contributed by atoms with Gasteiger partial charge in [0, 0.05) is 18.1 Å². The van der Waals surface area contributed by atoms with E-state index >= 15 is 0 Å². The zero-order valence-electron chi connectivity index (χ0n) is 5.26. The van der Waals surface area contributed by atoms with Gasteiger partial charge in [-0.05, 0) is 6.92 Å². The second-order valence-corrected chi connectivity index (χ2v) is 1.98. The second kappa shape index (κ2) is 4.15. The molecule has 9 heavy (non-hydrogen) atoms. The van der Waals surface area contributed by atoms with Crippen LogP contribution in [0.15, 0.2) is 28.5 Å². The van der Waals surface area contributed by atoms with Crippen LogP contribution >= 0.6 is 11.6 Å². The summed E-state index contributed by atoms with van der Waals surface area (Å²) in [5, 5.41) is 0.415. The Morgan fingerprint density at radius 3 is 2.67 bits per heavy atom. The Balaban J connectivity index is 3.86. The van der Waals surface area contributed by atoms with Gasteiger partial charge < -0.3 is 5.73 Å². The molecule has 50 valence electrons. The van der Waals surface area contributed by atoms with Crippen molar-refractivity contribution in [1.82, 2.24) is 0 Å². The highest BCUT2D eigenvalue weighted by atomic mass is 35.5. The van der Waals surface area contributed by atoms with Gasteiger partial charge in [0.25, 0.3) is 0 Å². The molecule has 0 spiro atoms. The summed E-state index contributed by atoms with van der Waals surface area (Å²) in [4.78, 5) is 3.80. The predicted molar refractivity (Wildman–Crippen MR) is 41.4 cm³/mol. The molecule has 0 bridgehead atoms. The smallest absolute Gasteiger partial charge is 0.0743 e. The van der Waals surface area contributed by atoms with Gasteiger partial charge in [0.15, 0.2) is 0 Å². The van der Waals surface area contributed by atoms with Crippen molar-refractivity contribution in [2.24, 2.45) is 10.7 Å². The SMILES string of the molecule is C=C(C)N=C/C(Cl)=C\N. The van der Waals surface area contributed by atoms with Crippen molar-refractivity contribution in [3.05, 3.63) is 23.5 Å². The third kappa shape index (κ3) is 5.11. The summed E-state index contributed by atoms with van der Waals surface area (Å²) in [5.74, 6) is 0. The minimum atomic E-state index is 0.415. The molecule has 0 aliphatic rings. The monoisotopic (exact) mass is 144 g/mol. The molecule has 0 aliphatic heterocycles. The number of halogens is 1. The van der Waals surface area contributed by atoms with Crippen molar-refractivity contribution >= 4 is 17.8 Å². The summed E-state index contributed by atoms with van der Waals surface area (Å²) >= 11 is 5.46. The van der Waals surface area contributed by atoms with Crippen LogP contribution in [0.3, 0.4) is 0 Å². The number of hydrogen-bond acceptors (Lipinski definition) is 2. The predicted octanol–water partition coefficient (Wildman–Crippen LogP) is 1.63. The number of rotatable bonds is 2. The standard InChI is InChI=1S/C6H9ClN2/c1-5(2)9-4-6(7)3-8/h3-4H,1,8H2,2H3/b6-3+,9-4?. The average Bonchev–Trinajstić information content (AvgIpc) is 1.83. The van der Waals surface area contributed by atoms with Crippen LogP contribution in [0.4, 0.5) is 0 Å². The average molecular weight is 145 g/mol. The van der Waals surface area contributed by atoms with E-state index in [9.17, 15) is 0 Å². The van der Waals surface area contributed by atoms with Crippen molar-refractivity contribution in [3.63, 3.8) is 0 Å². The van der Waals surface area contributed by atoms with Gasteiger partial charge in [-0.1, -0.05) is 18.2 Å². The van der Waals surface area contributed by atoms with Crippen LogP contribution in [0.2, 0.25) is 0 Å². The summed E-state index contributed by atoms with van der Waals surface area (Å²) in [6, 6.07) is 0. The molecule has 0 aromatic rings. The highest BCUT2D eigenvalue weighted by Gasteiger charge is 1.80. The van der Waals surface area contributed by atoms with E-state index in [1.54, 1.807) is 6.92 Å². The molecule has 0 heterocycles. The molecular weight excluding hydrogens is 136 g/mol. The maximum atomic E-state index is 5.46. The van der Waals surface area contributed by atoms with Crippen LogP contribution in [-0.4, -0.2) is 6.21 Å². The van der Waals surface area contributed by atoms with Crippen LogP contribution < -0.4 is 5.73 Å². The molecule has 0 fully saturated rings. The van der Waals surface area contributed by atoms with Crippen LogP contribution in [-0.2, 0) is 0 Å². The normalized spacial score (nSPS) is 12.4. The van der Waals surface area contributed by atoms with Crippen LogP contribution in [0, 0.1) is 0 Å². The van der Waals surface area contributed by atoms with E-state index in [-0.39, 0.29) is 0 Å². The topological polar surface area (TPSA) is 38.4 Å². The molecule has 0 aromatic carbocycles. The van der Waals surface area contributed by atoms with E-state index in [1.165, 1.54) is 12.4 Å². The van der Waals surface area contributed by atoms with Gasteiger partial charge in [0.1, 0.15) is 0 Å².